The monoisotopic (exact) mass is 552 g/mol. The number of aliphatic hydroxyl groups excluding tert-OH is 1. The smallest absolute Gasteiger partial charge is 0.313 e. The lowest BCUT2D eigenvalue weighted by Gasteiger charge is -2.41. The Bertz CT molecular complexity index is 1180. The van der Waals surface area contributed by atoms with Crippen LogP contribution in [0.2, 0.25) is 0 Å². The highest BCUT2D eigenvalue weighted by Crippen LogP contribution is 2.66. The van der Waals surface area contributed by atoms with E-state index in [1.807, 2.05) is 59.7 Å². The Balaban J connectivity index is 1.92. The van der Waals surface area contributed by atoms with Gasteiger partial charge in [-0.3, -0.25) is 14.4 Å². The van der Waals surface area contributed by atoms with Crippen LogP contribution in [-0.2, 0) is 23.9 Å². The SMILES string of the molecule is C=CCOC(=O)[C@H]1[C@H]2C(=O)N([C@@H](CO)[C@@H](C)CC)C(C(=O)N(CC=C)c3c(C)cccc3C)C23CC(C)[C@]1(C)O3. The van der Waals surface area contributed by atoms with E-state index in [1.54, 1.807) is 15.9 Å². The molecule has 3 unspecified atom stereocenters. The van der Waals surface area contributed by atoms with Crippen molar-refractivity contribution in [3.63, 3.8) is 0 Å². The fourth-order valence-corrected chi connectivity index (χ4v) is 7.52. The van der Waals surface area contributed by atoms with Gasteiger partial charge in [0.2, 0.25) is 5.91 Å². The van der Waals surface area contributed by atoms with Crippen LogP contribution in [0.1, 0.15) is 51.7 Å². The molecule has 1 aromatic rings. The summed E-state index contributed by atoms with van der Waals surface area (Å²) in [6, 6.07) is 4.19. The molecule has 2 amide bonds. The number of amides is 2. The summed E-state index contributed by atoms with van der Waals surface area (Å²) in [6.45, 7) is 19.2. The molecule has 0 aliphatic carbocycles. The van der Waals surface area contributed by atoms with Gasteiger partial charge < -0.3 is 24.4 Å². The summed E-state index contributed by atoms with van der Waals surface area (Å²) >= 11 is 0. The molecule has 0 saturated carbocycles. The highest BCUT2D eigenvalue weighted by Gasteiger charge is 2.81. The predicted molar refractivity (Wildman–Crippen MR) is 154 cm³/mol. The average molecular weight is 553 g/mol. The number of para-hydroxylation sites is 1. The first-order chi connectivity index (χ1) is 18.9. The first-order valence-corrected chi connectivity index (χ1v) is 14.3. The molecule has 1 N–H and O–H groups in total. The lowest BCUT2D eigenvalue weighted by Crippen LogP contribution is -2.60. The van der Waals surface area contributed by atoms with Crippen LogP contribution in [-0.4, -0.2) is 70.8 Å². The van der Waals surface area contributed by atoms with Crippen LogP contribution in [0.4, 0.5) is 5.69 Å². The summed E-state index contributed by atoms with van der Waals surface area (Å²) in [4.78, 5) is 46.2. The van der Waals surface area contributed by atoms with Crippen molar-refractivity contribution in [2.75, 3.05) is 24.7 Å². The molecule has 3 aliphatic heterocycles. The lowest BCUT2D eigenvalue weighted by molar-refractivity contribution is -0.162. The molecule has 0 radical (unpaired) electrons. The second-order valence-electron chi connectivity index (χ2n) is 12.0. The second-order valence-corrected chi connectivity index (χ2v) is 12.0. The quantitative estimate of drug-likeness (QED) is 0.330. The first kappa shape index (κ1) is 30.0. The van der Waals surface area contributed by atoms with Gasteiger partial charge in [-0.25, -0.2) is 0 Å². The van der Waals surface area contributed by atoms with Crippen LogP contribution in [0.25, 0.3) is 0 Å². The van der Waals surface area contributed by atoms with Crippen molar-refractivity contribution < 1.29 is 29.0 Å². The second kappa shape index (κ2) is 11.1. The van der Waals surface area contributed by atoms with E-state index in [9.17, 15) is 19.5 Å². The molecule has 4 rings (SSSR count). The van der Waals surface area contributed by atoms with Gasteiger partial charge in [0.05, 0.1) is 24.2 Å². The minimum Gasteiger partial charge on any atom is -0.461 e. The van der Waals surface area contributed by atoms with Gasteiger partial charge in [-0.15, -0.1) is 6.58 Å². The van der Waals surface area contributed by atoms with E-state index in [-0.39, 0.29) is 43.4 Å². The number of nitrogens with zero attached hydrogens (tertiary/aromatic N) is 2. The van der Waals surface area contributed by atoms with Gasteiger partial charge >= 0.3 is 5.97 Å². The summed E-state index contributed by atoms with van der Waals surface area (Å²) in [5.41, 5.74) is 0.387. The largest absolute Gasteiger partial charge is 0.461 e. The fourth-order valence-electron chi connectivity index (χ4n) is 7.52. The van der Waals surface area contributed by atoms with Gasteiger partial charge in [0, 0.05) is 12.2 Å². The number of carbonyl (C=O) groups excluding carboxylic acids is 3. The Morgan fingerprint density at radius 1 is 1.27 bits per heavy atom. The number of fused-ring (bicyclic) bond motifs is 1. The average Bonchev–Trinajstić information content (AvgIpc) is 3.43. The number of anilines is 1. The van der Waals surface area contributed by atoms with Gasteiger partial charge in [0.15, 0.2) is 0 Å². The number of likely N-dealkylation sites (tertiary alicyclic amines) is 1. The molecule has 8 atom stereocenters. The third-order valence-corrected chi connectivity index (χ3v) is 9.72. The third-order valence-electron chi connectivity index (χ3n) is 9.72. The predicted octanol–water partition coefficient (Wildman–Crippen LogP) is 3.97. The van der Waals surface area contributed by atoms with Crippen LogP contribution in [0.3, 0.4) is 0 Å². The number of benzene rings is 1. The van der Waals surface area contributed by atoms with E-state index in [2.05, 4.69) is 13.2 Å². The summed E-state index contributed by atoms with van der Waals surface area (Å²) < 4.78 is 12.3. The number of ether oxygens (including phenoxy) is 2. The number of hydrogen-bond acceptors (Lipinski definition) is 6. The molecule has 8 nitrogen and oxygen atoms in total. The summed E-state index contributed by atoms with van der Waals surface area (Å²) in [6.07, 6.45) is 4.29. The number of esters is 1. The molecule has 1 spiro atoms. The van der Waals surface area contributed by atoms with Gasteiger partial charge in [-0.05, 0) is 50.2 Å². The molecular weight excluding hydrogens is 508 g/mol. The minimum absolute atomic E-state index is 0.0194. The van der Waals surface area contributed by atoms with Crippen molar-refractivity contribution in [1.82, 2.24) is 4.90 Å². The van der Waals surface area contributed by atoms with Crippen molar-refractivity contribution in [3.8, 4) is 0 Å². The standard InChI is InChI=1S/C32H44N2O6/c1-9-15-33(26-20(5)13-12-14-21(26)6)29(37)27-32-17-22(7)31(8,40-32)25(30(38)39-16-10-2)24(32)28(36)34(27)23(18-35)19(4)11-3/h9-10,12-14,19,22-25,27,35H,1-2,11,15-18H2,3-8H3/t19-,22?,23-,24-,25+,27?,31-,32?/m0/s1. The van der Waals surface area contributed by atoms with Gasteiger partial charge in [-0.1, -0.05) is 64.1 Å². The Kier molecular flexibility index (Phi) is 8.35. The van der Waals surface area contributed by atoms with E-state index < -0.39 is 41.1 Å². The topological polar surface area (TPSA) is 96.4 Å². The van der Waals surface area contributed by atoms with Crippen molar-refractivity contribution in [3.05, 3.63) is 54.6 Å². The maximum absolute atomic E-state index is 14.9. The fraction of sp³-hybridized carbons (Fsp3) is 0.594. The zero-order valence-corrected chi connectivity index (χ0v) is 24.7. The number of aryl methyl sites for hydroxylation is 2. The van der Waals surface area contributed by atoms with E-state index >= 15 is 0 Å². The summed E-state index contributed by atoms with van der Waals surface area (Å²) in [5.74, 6) is -3.15. The number of aliphatic hydroxyl groups is 1. The van der Waals surface area contributed by atoms with E-state index in [4.69, 9.17) is 9.47 Å². The number of hydrogen-bond donors (Lipinski definition) is 1. The Hall–Kier alpha value is -2.97. The molecule has 218 valence electrons. The normalized spacial score (nSPS) is 32.0. The Labute approximate surface area is 238 Å². The maximum atomic E-state index is 14.9. The van der Waals surface area contributed by atoms with Crippen molar-refractivity contribution in [2.45, 2.75) is 77.7 Å². The Morgan fingerprint density at radius 3 is 2.48 bits per heavy atom. The van der Waals surface area contributed by atoms with Crippen LogP contribution in [0.5, 0.6) is 0 Å². The molecule has 8 heteroatoms. The lowest BCUT2D eigenvalue weighted by atomic mass is 9.62. The molecular formula is C32H44N2O6. The summed E-state index contributed by atoms with van der Waals surface area (Å²) in [5, 5.41) is 10.6. The highest BCUT2D eigenvalue weighted by molar-refractivity contribution is 6.05. The summed E-state index contributed by atoms with van der Waals surface area (Å²) in [7, 11) is 0. The zero-order valence-electron chi connectivity index (χ0n) is 24.7. The molecule has 2 bridgehead atoms. The van der Waals surface area contributed by atoms with Crippen LogP contribution >= 0.6 is 0 Å². The molecule has 3 fully saturated rings. The Morgan fingerprint density at radius 2 is 1.93 bits per heavy atom. The minimum atomic E-state index is -1.24. The van der Waals surface area contributed by atoms with Crippen LogP contribution < -0.4 is 4.90 Å². The zero-order chi connectivity index (χ0) is 29.6. The van der Waals surface area contributed by atoms with Gasteiger partial charge in [0.25, 0.3) is 5.91 Å². The third kappa shape index (κ3) is 4.31. The van der Waals surface area contributed by atoms with E-state index in [0.29, 0.717) is 12.8 Å². The molecule has 40 heavy (non-hydrogen) atoms. The number of carbonyl (C=O) groups is 3. The van der Waals surface area contributed by atoms with Gasteiger partial charge in [-0.2, -0.15) is 0 Å². The maximum Gasteiger partial charge on any atom is 0.313 e. The van der Waals surface area contributed by atoms with E-state index in [0.717, 1.165) is 16.8 Å². The van der Waals surface area contributed by atoms with Crippen molar-refractivity contribution in [2.24, 2.45) is 23.7 Å². The van der Waals surface area contributed by atoms with Crippen molar-refractivity contribution >= 4 is 23.5 Å². The van der Waals surface area contributed by atoms with Crippen LogP contribution in [0, 0.1) is 37.5 Å². The highest BCUT2D eigenvalue weighted by atomic mass is 16.6. The molecule has 3 saturated heterocycles. The van der Waals surface area contributed by atoms with Gasteiger partial charge in [0.1, 0.15) is 24.2 Å². The first-order valence-electron chi connectivity index (χ1n) is 14.3. The molecule has 1 aromatic carbocycles. The molecule has 3 aliphatic rings. The van der Waals surface area contributed by atoms with E-state index in [1.165, 1.54) is 6.08 Å². The molecule has 3 heterocycles. The van der Waals surface area contributed by atoms with Crippen molar-refractivity contribution in [1.29, 1.82) is 0 Å². The number of rotatable bonds is 11. The molecule has 0 aromatic heterocycles. The van der Waals surface area contributed by atoms with Crippen LogP contribution in [0.15, 0.2) is 43.5 Å².